The lowest BCUT2D eigenvalue weighted by atomic mass is 9.91. The van der Waals surface area contributed by atoms with Gasteiger partial charge in [0, 0.05) is 27.1 Å². The summed E-state index contributed by atoms with van der Waals surface area (Å²) in [6.45, 7) is 0. The Bertz CT molecular complexity index is 2710. The molecule has 0 spiro atoms. The van der Waals surface area contributed by atoms with Gasteiger partial charge in [-0.25, -0.2) is 13.9 Å². The molecular formula is C37H20FN3O2. The molecule has 3 heterocycles. The first-order valence-corrected chi connectivity index (χ1v) is 14.0. The number of pyridine rings is 1. The van der Waals surface area contributed by atoms with Gasteiger partial charge in [0.15, 0.2) is 5.52 Å². The van der Waals surface area contributed by atoms with Crippen LogP contribution in [0.4, 0.5) is 4.39 Å². The first-order valence-electron chi connectivity index (χ1n) is 14.0. The standard InChI is InChI=1S/C37H20FN3O2/c38-32-24-16-8-7-15-23(24)31(21-11-3-1-4-12-21)27-20-30-29(19-28(27)32)36(42)41-37(43)34-35(40(30)41)26-18-10-9-17-25(26)33(39-34)22-13-5-2-6-14-22/h1-20H. The van der Waals surface area contributed by atoms with E-state index in [0.717, 1.165) is 37.4 Å². The first kappa shape index (κ1) is 23.8. The van der Waals surface area contributed by atoms with E-state index in [2.05, 4.69) is 0 Å². The van der Waals surface area contributed by atoms with Crippen LogP contribution in [-0.4, -0.2) is 14.0 Å². The molecule has 202 valence electrons. The number of hydrogen-bond donors (Lipinski definition) is 0. The monoisotopic (exact) mass is 557 g/mol. The number of nitrogens with zero attached hydrogens (tertiary/aromatic N) is 3. The van der Waals surface area contributed by atoms with Crippen molar-refractivity contribution in [3.63, 3.8) is 0 Å². The van der Waals surface area contributed by atoms with Crippen LogP contribution < -0.4 is 11.1 Å². The summed E-state index contributed by atoms with van der Waals surface area (Å²) in [6.07, 6.45) is 0. The van der Waals surface area contributed by atoms with Crippen molar-refractivity contribution in [2.75, 3.05) is 0 Å². The molecule has 0 aliphatic rings. The minimum atomic E-state index is -0.503. The van der Waals surface area contributed by atoms with Gasteiger partial charge in [-0.2, -0.15) is 4.52 Å². The summed E-state index contributed by atoms with van der Waals surface area (Å²) < 4.78 is 19.0. The maximum atomic E-state index is 16.2. The molecule has 0 radical (unpaired) electrons. The Balaban J connectivity index is 1.51. The van der Waals surface area contributed by atoms with Gasteiger partial charge >= 0.3 is 5.56 Å². The van der Waals surface area contributed by atoms with Crippen LogP contribution in [0.3, 0.4) is 0 Å². The number of rotatable bonds is 2. The zero-order chi connectivity index (χ0) is 28.8. The number of halogens is 1. The quantitative estimate of drug-likeness (QED) is 0.204. The molecule has 43 heavy (non-hydrogen) atoms. The molecule has 5 nitrogen and oxygen atoms in total. The van der Waals surface area contributed by atoms with Crippen molar-refractivity contribution in [3.05, 3.63) is 148 Å². The number of benzene rings is 6. The highest BCUT2D eigenvalue weighted by molar-refractivity contribution is 6.17. The third kappa shape index (κ3) is 3.12. The van der Waals surface area contributed by atoms with Crippen molar-refractivity contribution in [2.24, 2.45) is 0 Å². The zero-order valence-corrected chi connectivity index (χ0v) is 22.6. The zero-order valence-electron chi connectivity index (χ0n) is 22.6. The Morgan fingerprint density at radius 1 is 0.512 bits per heavy atom. The highest BCUT2D eigenvalue weighted by atomic mass is 19.1. The Hall–Kier alpha value is -5.88. The fourth-order valence-corrected chi connectivity index (χ4v) is 6.67. The molecule has 6 aromatic carbocycles. The van der Waals surface area contributed by atoms with Crippen LogP contribution >= 0.6 is 0 Å². The van der Waals surface area contributed by atoms with E-state index >= 15 is 4.39 Å². The molecule has 3 aromatic heterocycles. The molecule has 6 heteroatoms. The van der Waals surface area contributed by atoms with Crippen LogP contribution in [0.1, 0.15) is 0 Å². The van der Waals surface area contributed by atoms with Crippen molar-refractivity contribution in [2.45, 2.75) is 0 Å². The normalized spacial score (nSPS) is 12.0. The lowest BCUT2D eigenvalue weighted by molar-refractivity contribution is 0.651. The summed E-state index contributed by atoms with van der Waals surface area (Å²) in [5, 5.41) is 4.19. The molecule has 9 rings (SSSR count). The highest BCUT2D eigenvalue weighted by Crippen LogP contribution is 2.40. The summed E-state index contributed by atoms with van der Waals surface area (Å²) in [6, 6.07) is 38.2. The van der Waals surface area contributed by atoms with Crippen LogP contribution in [0.2, 0.25) is 0 Å². The van der Waals surface area contributed by atoms with Gasteiger partial charge in [0.25, 0.3) is 5.56 Å². The lowest BCUT2D eigenvalue weighted by Gasteiger charge is -2.14. The Labute approximate surface area is 242 Å². The third-order valence-electron chi connectivity index (χ3n) is 8.53. The van der Waals surface area contributed by atoms with Crippen molar-refractivity contribution < 1.29 is 4.39 Å². The van der Waals surface area contributed by atoms with Crippen LogP contribution in [0.25, 0.3) is 76.6 Å². The van der Waals surface area contributed by atoms with E-state index < -0.39 is 16.9 Å². The van der Waals surface area contributed by atoms with E-state index in [-0.39, 0.29) is 10.9 Å². The first-order chi connectivity index (χ1) is 21.1. The second-order valence-electron chi connectivity index (χ2n) is 10.8. The van der Waals surface area contributed by atoms with Crippen molar-refractivity contribution in [3.8, 4) is 22.4 Å². The van der Waals surface area contributed by atoms with Gasteiger partial charge in [-0.3, -0.25) is 9.59 Å². The molecule has 0 fully saturated rings. The maximum absolute atomic E-state index is 16.2. The van der Waals surface area contributed by atoms with Gasteiger partial charge in [-0.05, 0) is 34.0 Å². The number of fused-ring (bicyclic) bond motifs is 9. The van der Waals surface area contributed by atoms with Crippen LogP contribution in [0, 0.1) is 5.82 Å². The third-order valence-corrected chi connectivity index (χ3v) is 8.53. The fraction of sp³-hybridized carbons (Fsp3) is 0. The van der Waals surface area contributed by atoms with Gasteiger partial charge in [-0.1, -0.05) is 109 Å². The SMILES string of the molecule is O=c1c2cc3c(F)c4ccccc4c(-c4ccccc4)c3cc2n2c3c(nc(-c4ccccc4)c4ccccc43)c(=O)n12. The number of hydrogen-bond acceptors (Lipinski definition) is 3. The predicted octanol–water partition coefficient (Wildman–Crippen LogP) is 7.83. The fourth-order valence-electron chi connectivity index (χ4n) is 6.67. The minimum Gasteiger partial charge on any atom is -0.267 e. The summed E-state index contributed by atoms with van der Waals surface area (Å²) in [4.78, 5) is 32.7. The summed E-state index contributed by atoms with van der Waals surface area (Å²) in [7, 11) is 0. The number of aromatic nitrogens is 3. The van der Waals surface area contributed by atoms with E-state index in [1.54, 1.807) is 16.6 Å². The van der Waals surface area contributed by atoms with E-state index in [4.69, 9.17) is 4.98 Å². The Morgan fingerprint density at radius 3 is 1.84 bits per heavy atom. The smallest absolute Gasteiger partial charge is 0.267 e. The Morgan fingerprint density at radius 2 is 1.12 bits per heavy atom. The highest BCUT2D eigenvalue weighted by Gasteiger charge is 2.24. The molecule has 0 bridgehead atoms. The summed E-state index contributed by atoms with van der Waals surface area (Å²) in [5.74, 6) is -0.394. The average molecular weight is 558 g/mol. The maximum Gasteiger partial charge on any atom is 0.301 e. The average Bonchev–Trinajstić information content (AvgIpc) is 3.52. The minimum absolute atomic E-state index is 0.213. The molecule has 0 amide bonds. The van der Waals surface area contributed by atoms with Gasteiger partial charge in [0.1, 0.15) is 11.3 Å². The Kier molecular flexibility index (Phi) is 4.74. The van der Waals surface area contributed by atoms with E-state index in [0.29, 0.717) is 32.9 Å². The molecule has 0 saturated carbocycles. The summed E-state index contributed by atoms with van der Waals surface area (Å²) >= 11 is 0. The van der Waals surface area contributed by atoms with Gasteiger partial charge < -0.3 is 0 Å². The molecule has 0 aliphatic carbocycles. The molecule has 0 unspecified atom stereocenters. The van der Waals surface area contributed by atoms with Crippen molar-refractivity contribution >= 4 is 54.3 Å². The molecule has 0 atom stereocenters. The van der Waals surface area contributed by atoms with Gasteiger partial charge in [-0.15, -0.1) is 0 Å². The second kappa shape index (κ2) is 8.57. The van der Waals surface area contributed by atoms with Crippen molar-refractivity contribution in [1.29, 1.82) is 0 Å². The van der Waals surface area contributed by atoms with Crippen LogP contribution in [0.5, 0.6) is 0 Å². The van der Waals surface area contributed by atoms with Gasteiger partial charge in [0.05, 0.1) is 16.6 Å². The second-order valence-corrected chi connectivity index (χ2v) is 10.8. The van der Waals surface area contributed by atoms with Gasteiger partial charge in [0.2, 0.25) is 0 Å². The van der Waals surface area contributed by atoms with E-state index in [9.17, 15) is 9.59 Å². The topological polar surface area (TPSA) is 55.9 Å². The molecule has 0 N–H and O–H groups in total. The van der Waals surface area contributed by atoms with E-state index in [1.807, 2.05) is 109 Å². The molecular weight excluding hydrogens is 537 g/mol. The summed E-state index contributed by atoms with van der Waals surface area (Å²) in [5.41, 5.74) is 3.64. The predicted molar refractivity (Wildman–Crippen MR) is 171 cm³/mol. The largest absolute Gasteiger partial charge is 0.301 e. The molecule has 9 aromatic rings. The molecule has 0 saturated heterocycles. The molecule has 0 aliphatic heterocycles. The van der Waals surface area contributed by atoms with Crippen LogP contribution in [-0.2, 0) is 0 Å². The van der Waals surface area contributed by atoms with Crippen molar-refractivity contribution in [1.82, 2.24) is 14.0 Å². The van der Waals surface area contributed by atoms with E-state index in [1.165, 1.54) is 0 Å². The van der Waals surface area contributed by atoms with Crippen LogP contribution in [0.15, 0.2) is 131 Å². The lowest BCUT2D eigenvalue weighted by Crippen LogP contribution is -2.21.